The summed E-state index contributed by atoms with van der Waals surface area (Å²) in [4.78, 5) is 0. The van der Waals surface area contributed by atoms with Crippen LogP contribution in [0.2, 0.25) is 0 Å². The van der Waals surface area contributed by atoms with Crippen molar-refractivity contribution in [2.75, 3.05) is 0 Å². The fourth-order valence-corrected chi connectivity index (χ4v) is 2.72. The van der Waals surface area contributed by atoms with Crippen LogP contribution >= 0.6 is 0 Å². The van der Waals surface area contributed by atoms with Gasteiger partial charge < -0.3 is 0 Å². The second kappa shape index (κ2) is 3.82. The van der Waals surface area contributed by atoms with Gasteiger partial charge in [-0.2, -0.15) is 0 Å². The van der Waals surface area contributed by atoms with E-state index >= 15 is 0 Å². The number of hydrogen-bond acceptors (Lipinski definition) is 1. The number of aliphatic hydroxyl groups is 1. The van der Waals surface area contributed by atoms with Gasteiger partial charge in [-0.05, 0) is 0 Å². The minimum atomic E-state index is 0.0489. The zero-order chi connectivity index (χ0) is 7.61. The van der Waals surface area contributed by atoms with Crippen LogP contribution in [0, 0.1) is 44.6 Å². The van der Waals surface area contributed by atoms with Gasteiger partial charge in [-0.3, -0.25) is 0 Å². The van der Waals surface area contributed by atoms with E-state index in [4.69, 9.17) is 0 Å². The third-order valence-corrected chi connectivity index (χ3v) is 5.29. The average Bonchev–Trinajstić information content (AvgIpc) is 1.89. The molecule has 1 nitrogen and oxygen atoms in total. The normalized spacial score (nSPS) is 27.7. The third kappa shape index (κ3) is 2.15. The van der Waals surface area contributed by atoms with Crippen LogP contribution in [0.3, 0.4) is 0 Å². The topological polar surface area (TPSA) is 20.2 Å². The Morgan fingerprint density at radius 3 is 2.10 bits per heavy atom. The van der Waals surface area contributed by atoms with E-state index in [1.165, 1.54) is 32.1 Å². The average molecular weight is 268 g/mol. The molecule has 0 radical (unpaired) electrons. The van der Waals surface area contributed by atoms with E-state index in [0.717, 1.165) is 39.2 Å². The molecule has 0 saturated heterocycles. The summed E-state index contributed by atoms with van der Waals surface area (Å²) < 4.78 is 0.0489. The molecule has 1 aliphatic rings. The fraction of sp³-hybridized carbons (Fsp3) is 1.00. The quantitative estimate of drug-likeness (QED) is 0.769. The summed E-state index contributed by atoms with van der Waals surface area (Å²) in [5, 5.41) is 9.51. The fourth-order valence-electron chi connectivity index (χ4n) is 1.66. The van der Waals surface area contributed by atoms with E-state index in [0.29, 0.717) is 5.41 Å². The molecule has 0 aromatic carbocycles. The molecule has 0 aliphatic heterocycles. The van der Waals surface area contributed by atoms with Crippen molar-refractivity contribution in [3.63, 3.8) is 0 Å². The summed E-state index contributed by atoms with van der Waals surface area (Å²) in [5.41, 5.74) is 0.308. The summed E-state index contributed by atoms with van der Waals surface area (Å²) in [6.45, 7) is 2.25. The van der Waals surface area contributed by atoms with Gasteiger partial charge in [0, 0.05) is 0 Å². The van der Waals surface area contributed by atoms with Crippen LogP contribution in [-0.2, 0) is 0 Å². The second-order valence-corrected chi connectivity index (χ2v) is 5.69. The molecule has 1 fully saturated rings. The first kappa shape index (κ1) is 9.41. The molecule has 0 aromatic heterocycles. The standard InChI is InChI=1S/C8H15O.Pr/c1-8(7-9)5-3-2-4-6-8;/h7,9H,2-6H2,1H3;. The predicted molar refractivity (Wildman–Crippen MR) is 37.2 cm³/mol. The molecule has 0 bridgehead atoms. The molecule has 1 atom stereocenters. The zero-order valence-electron chi connectivity index (χ0n) is 6.64. The van der Waals surface area contributed by atoms with E-state index in [1.807, 2.05) is 0 Å². The SMILES string of the molecule is CC1([CH](O)[Pr])CCCCC1. The van der Waals surface area contributed by atoms with Crippen LogP contribution in [0.5, 0.6) is 0 Å². The maximum absolute atomic E-state index is 9.51. The van der Waals surface area contributed by atoms with Gasteiger partial charge in [0.25, 0.3) is 0 Å². The van der Waals surface area contributed by atoms with E-state index < -0.39 is 0 Å². The summed E-state index contributed by atoms with van der Waals surface area (Å²) in [6, 6.07) is 0. The molecule has 1 rings (SSSR count). The van der Waals surface area contributed by atoms with Gasteiger partial charge in [0.1, 0.15) is 0 Å². The molecule has 2 heteroatoms. The molecule has 0 aromatic rings. The Morgan fingerprint density at radius 2 is 1.80 bits per heavy atom. The molecule has 1 N–H and O–H groups in total. The van der Waals surface area contributed by atoms with E-state index in [2.05, 4.69) is 6.92 Å². The summed E-state index contributed by atoms with van der Waals surface area (Å²) in [7, 11) is 0. The number of rotatable bonds is 1. The van der Waals surface area contributed by atoms with Gasteiger partial charge in [-0.15, -0.1) is 0 Å². The van der Waals surface area contributed by atoms with Gasteiger partial charge in [-0.25, -0.2) is 0 Å². The molecule has 0 spiro atoms. The maximum atomic E-state index is 9.51. The van der Waals surface area contributed by atoms with Crippen molar-refractivity contribution in [1.82, 2.24) is 0 Å². The molecule has 1 unspecified atom stereocenters. The van der Waals surface area contributed by atoms with Crippen LogP contribution < -0.4 is 0 Å². The Hall–Kier alpha value is 1.32. The van der Waals surface area contributed by atoms with Gasteiger partial charge in [0.2, 0.25) is 0 Å². The Kier molecular flexibility index (Phi) is 3.60. The van der Waals surface area contributed by atoms with Crippen molar-refractivity contribution in [2.45, 2.75) is 40.7 Å². The summed E-state index contributed by atoms with van der Waals surface area (Å²) in [6.07, 6.45) is 6.56. The second-order valence-electron chi connectivity index (χ2n) is 3.66. The van der Waals surface area contributed by atoms with Crippen molar-refractivity contribution >= 4 is 0 Å². The minimum absolute atomic E-state index is 0.0489. The first-order valence-electron chi connectivity index (χ1n) is 4.09. The van der Waals surface area contributed by atoms with Crippen LogP contribution in [0.25, 0.3) is 0 Å². The number of aliphatic hydroxyl groups excluding tert-OH is 1. The number of hydrogen-bond donors (Lipinski definition) is 1. The van der Waals surface area contributed by atoms with E-state index in [1.54, 1.807) is 0 Å². The van der Waals surface area contributed by atoms with Crippen LogP contribution in [-0.4, -0.2) is 6.79 Å². The molecule has 56 valence electrons. The Morgan fingerprint density at radius 1 is 1.30 bits per heavy atom. The molecule has 1 aliphatic carbocycles. The van der Waals surface area contributed by atoms with Gasteiger partial charge in [0.15, 0.2) is 0 Å². The molecule has 1 saturated carbocycles. The van der Waals surface area contributed by atoms with Crippen molar-refractivity contribution in [2.24, 2.45) is 5.41 Å². The van der Waals surface area contributed by atoms with Gasteiger partial charge in [0.05, 0.1) is 0 Å². The summed E-state index contributed by atoms with van der Waals surface area (Å²) >= 11 is 0.744. The van der Waals surface area contributed by atoms with Crippen molar-refractivity contribution in [3.05, 3.63) is 0 Å². The van der Waals surface area contributed by atoms with Gasteiger partial charge in [-0.1, -0.05) is 0 Å². The van der Waals surface area contributed by atoms with Crippen molar-refractivity contribution in [3.8, 4) is 0 Å². The first-order chi connectivity index (χ1) is 4.65. The summed E-state index contributed by atoms with van der Waals surface area (Å²) in [5.74, 6) is 0. The van der Waals surface area contributed by atoms with Crippen LogP contribution in [0.4, 0.5) is 0 Å². The van der Waals surface area contributed by atoms with E-state index in [-0.39, 0.29) is 1.69 Å². The predicted octanol–water partition coefficient (Wildman–Crippen LogP) is 1.82. The monoisotopic (exact) mass is 268 g/mol. The zero-order valence-corrected chi connectivity index (χ0v) is 10.3. The Labute approximate surface area is 89.5 Å². The molecular weight excluding hydrogens is 253 g/mol. The Bertz CT molecular complexity index is 106. The molecule has 10 heavy (non-hydrogen) atoms. The molecular formula is C8H15OPr. The van der Waals surface area contributed by atoms with E-state index in [9.17, 15) is 5.11 Å². The third-order valence-electron chi connectivity index (χ3n) is 2.71. The van der Waals surface area contributed by atoms with Crippen molar-refractivity contribution in [1.29, 1.82) is 0 Å². The van der Waals surface area contributed by atoms with Crippen LogP contribution in [0.15, 0.2) is 0 Å². The molecule has 0 heterocycles. The Balaban J connectivity index is 2.48. The van der Waals surface area contributed by atoms with Crippen LogP contribution in [0.1, 0.15) is 39.0 Å². The van der Waals surface area contributed by atoms with Gasteiger partial charge >= 0.3 is 90.4 Å². The van der Waals surface area contributed by atoms with Crippen molar-refractivity contribution < 1.29 is 44.3 Å². The molecule has 0 amide bonds. The first-order valence-corrected chi connectivity index (χ1v) is 6.23.